The van der Waals surface area contributed by atoms with Crippen LogP contribution in [0.2, 0.25) is 0 Å². The number of benzene rings is 1. The van der Waals surface area contributed by atoms with Crippen molar-refractivity contribution in [3.63, 3.8) is 0 Å². The number of piperazine rings is 1. The maximum atomic E-state index is 13.1. The Morgan fingerprint density at radius 1 is 1.16 bits per heavy atom. The van der Waals surface area contributed by atoms with Crippen LogP contribution >= 0.6 is 0 Å². The largest absolute Gasteiger partial charge is 0.489 e. The van der Waals surface area contributed by atoms with Crippen molar-refractivity contribution in [1.82, 2.24) is 19.9 Å². The van der Waals surface area contributed by atoms with Crippen LogP contribution in [0, 0.1) is 17.0 Å². The summed E-state index contributed by atoms with van der Waals surface area (Å²) in [5.41, 5.74) is 1.80. The first-order chi connectivity index (χ1) is 15.5. The van der Waals surface area contributed by atoms with E-state index >= 15 is 0 Å². The topological polar surface area (TPSA) is 115 Å². The molecule has 32 heavy (non-hydrogen) atoms. The Morgan fingerprint density at radius 2 is 1.91 bits per heavy atom. The number of aryl methyl sites for hydroxylation is 1. The quantitative estimate of drug-likeness (QED) is 0.409. The lowest BCUT2D eigenvalue weighted by Crippen LogP contribution is -2.48. The highest BCUT2D eigenvalue weighted by atomic mass is 16.6. The van der Waals surface area contributed by atoms with Crippen molar-refractivity contribution < 1.29 is 19.0 Å². The smallest absolute Gasteiger partial charge is 0.276 e. The Labute approximate surface area is 184 Å². The molecule has 0 saturated carbocycles. The molecule has 0 radical (unpaired) electrons. The van der Waals surface area contributed by atoms with E-state index in [2.05, 4.69) is 15.0 Å². The number of nitro benzene ring substituents is 1. The molecule has 1 amide bonds. The predicted octanol–water partition coefficient (Wildman–Crippen LogP) is 2.82. The van der Waals surface area contributed by atoms with E-state index in [4.69, 9.17) is 9.26 Å². The number of carbonyl (C=O) groups excluding carboxylic acids is 1. The standard InChI is InChI=1S/C22H23N5O5/c1-16-20(15-31-19-7-5-18(6-8-19)27(29)30)21(24-32-16)22(28)26-12-10-25(11-13-26)14-17-4-2-3-9-23-17/h2-9H,10-15H2,1H3. The Balaban J connectivity index is 1.36. The van der Waals surface area contributed by atoms with Crippen LogP contribution in [0.5, 0.6) is 5.75 Å². The van der Waals surface area contributed by atoms with Crippen LogP contribution in [0.4, 0.5) is 5.69 Å². The second-order valence-corrected chi connectivity index (χ2v) is 7.50. The molecule has 1 aromatic carbocycles. The molecule has 10 nitrogen and oxygen atoms in total. The Hall–Kier alpha value is -3.79. The average Bonchev–Trinajstić information content (AvgIpc) is 3.19. The van der Waals surface area contributed by atoms with E-state index < -0.39 is 4.92 Å². The number of non-ortho nitro benzene ring substituents is 1. The number of aromatic nitrogens is 2. The third-order valence-corrected chi connectivity index (χ3v) is 5.39. The van der Waals surface area contributed by atoms with Crippen LogP contribution in [0.3, 0.4) is 0 Å². The molecule has 0 aliphatic carbocycles. The SMILES string of the molecule is Cc1onc(C(=O)N2CCN(Cc3ccccn3)CC2)c1COc1ccc([N+](=O)[O-])cc1. The number of ether oxygens (including phenoxy) is 1. The monoisotopic (exact) mass is 437 g/mol. The van der Waals surface area contributed by atoms with Crippen molar-refractivity contribution in [2.24, 2.45) is 0 Å². The predicted molar refractivity (Wildman–Crippen MR) is 114 cm³/mol. The molecular weight excluding hydrogens is 414 g/mol. The van der Waals surface area contributed by atoms with Gasteiger partial charge in [-0.2, -0.15) is 0 Å². The molecule has 0 atom stereocenters. The number of amides is 1. The molecule has 1 aliphatic rings. The summed E-state index contributed by atoms with van der Waals surface area (Å²) >= 11 is 0. The first kappa shape index (κ1) is 21.4. The van der Waals surface area contributed by atoms with Crippen molar-refractivity contribution in [3.8, 4) is 5.75 Å². The molecule has 3 heterocycles. The Bertz CT molecular complexity index is 1080. The summed E-state index contributed by atoms with van der Waals surface area (Å²) in [6, 6.07) is 11.6. The maximum absolute atomic E-state index is 13.1. The van der Waals surface area contributed by atoms with Gasteiger partial charge >= 0.3 is 0 Å². The average molecular weight is 437 g/mol. The molecule has 1 saturated heterocycles. The maximum Gasteiger partial charge on any atom is 0.276 e. The van der Waals surface area contributed by atoms with E-state index in [-0.39, 0.29) is 23.9 Å². The first-order valence-corrected chi connectivity index (χ1v) is 10.2. The number of pyridine rings is 1. The summed E-state index contributed by atoms with van der Waals surface area (Å²) in [6.45, 7) is 5.21. The minimum atomic E-state index is -0.471. The van der Waals surface area contributed by atoms with Gasteiger partial charge in [-0.25, -0.2) is 0 Å². The van der Waals surface area contributed by atoms with Gasteiger partial charge in [0.15, 0.2) is 5.69 Å². The van der Waals surface area contributed by atoms with Crippen molar-refractivity contribution in [1.29, 1.82) is 0 Å². The fourth-order valence-electron chi connectivity index (χ4n) is 3.53. The highest BCUT2D eigenvalue weighted by Crippen LogP contribution is 2.22. The molecule has 166 valence electrons. The van der Waals surface area contributed by atoms with Gasteiger partial charge in [0, 0.05) is 51.1 Å². The fraction of sp³-hybridized carbons (Fsp3) is 0.318. The lowest BCUT2D eigenvalue weighted by atomic mass is 10.1. The minimum Gasteiger partial charge on any atom is -0.489 e. The molecule has 0 spiro atoms. The van der Waals surface area contributed by atoms with Crippen LogP contribution in [-0.4, -0.2) is 56.9 Å². The van der Waals surface area contributed by atoms with E-state index in [0.29, 0.717) is 30.2 Å². The lowest BCUT2D eigenvalue weighted by molar-refractivity contribution is -0.384. The molecular formula is C22H23N5O5. The van der Waals surface area contributed by atoms with Gasteiger partial charge < -0.3 is 14.2 Å². The zero-order chi connectivity index (χ0) is 22.5. The van der Waals surface area contributed by atoms with E-state index in [0.717, 1.165) is 25.3 Å². The van der Waals surface area contributed by atoms with Gasteiger partial charge in [0.2, 0.25) is 0 Å². The summed E-state index contributed by atoms with van der Waals surface area (Å²) in [7, 11) is 0. The van der Waals surface area contributed by atoms with Crippen molar-refractivity contribution in [2.75, 3.05) is 26.2 Å². The van der Waals surface area contributed by atoms with Gasteiger partial charge in [0.25, 0.3) is 11.6 Å². The molecule has 1 fully saturated rings. The van der Waals surface area contributed by atoms with Gasteiger partial charge in [-0.3, -0.25) is 24.8 Å². The van der Waals surface area contributed by atoms with Crippen LogP contribution in [0.25, 0.3) is 0 Å². The molecule has 2 aromatic heterocycles. The van der Waals surface area contributed by atoms with E-state index in [1.807, 2.05) is 18.2 Å². The summed E-state index contributed by atoms with van der Waals surface area (Å²) in [5, 5.41) is 14.7. The molecule has 1 aliphatic heterocycles. The van der Waals surface area contributed by atoms with Gasteiger partial charge in [0.1, 0.15) is 18.1 Å². The number of hydrogen-bond donors (Lipinski definition) is 0. The van der Waals surface area contributed by atoms with Crippen LogP contribution in [0.15, 0.2) is 53.2 Å². The highest BCUT2D eigenvalue weighted by Gasteiger charge is 2.28. The second kappa shape index (κ2) is 9.56. The van der Waals surface area contributed by atoms with Crippen LogP contribution in [-0.2, 0) is 13.2 Å². The molecule has 0 N–H and O–H groups in total. The number of rotatable bonds is 7. The van der Waals surface area contributed by atoms with Crippen molar-refractivity contribution in [2.45, 2.75) is 20.1 Å². The fourth-order valence-corrected chi connectivity index (χ4v) is 3.53. The Morgan fingerprint density at radius 3 is 2.56 bits per heavy atom. The zero-order valence-electron chi connectivity index (χ0n) is 17.6. The third kappa shape index (κ3) is 4.92. The molecule has 0 bridgehead atoms. The number of hydrogen-bond acceptors (Lipinski definition) is 8. The number of nitro groups is 1. The van der Waals surface area contributed by atoms with Gasteiger partial charge in [0.05, 0.1) is 16.2 Å². The van der Waals surface area contributed by atoms with Crippen molar-refractivity contribution in [3.05, 3.63) is 81.5 Å². The van der Waals surface area contributed by atoms with Crippen molar-refractivity contribution >= 4 is 11.6 Å². The van der Waals surface area contributed by atoms with E-state index in [9.17, 15) is 14.9 Å². The second-order valence-electron chi connectivity index (χ2n) is 7.50. The summed E-state index contributed by atoms with van der Waals surface area (Å²) in [5.74, 6) is 0.767. The highest BCUT2D eigenvalue weighted by molar-refractivity contribution is 5.93. The summed E-state index contributed by atoms with van der Waals surface area (Å²) in [4.78, 5) is 31.8. The van der Waals surface area contributed by atoms with Crippen LogP contribution < -0.4 is 4.74 Å². The molecule has 0 unspecified atom stereocenters. The zero-order valence-corrected chi connectivity index (χ0v) is 17.6. The minimum absolute atomic E-state index is 0.0171. The molecule has 3 aromatic rings. The van der Waals surface area contributed by atoms with Crippen LogP contribution in [0.1, 0.15) is 27.5 Å². The number of carbonyl (C=O) groups is 1. The van der Waals surface area contributed by atoms with Gasteiger partial charge in [-0.05, 0) is 31.2 Å². The summed E-state index contributed by atoms with van der Waals surface area (Å²) in [6.07, 6.45) is 1.78. The molecule has 10 heteroatoms. The van der Waals surface area contributed by atoms with Gasteiger partial charge in [-0.1, -0.05) is 11.2 Å². The first-order valence-electron chi connectivity index (χ1n) is 10.2. The lowest BCUT2D eigenvalue weighted by Gasteiger charge is -2.34. The van der Waals surface area contributed by atoms with E-state index in [1.165, 1.54) is 24.3 Å². The third-order valence-electron chi connectivity index (χ3n) is 5.39. The normalized spacial score (nSPS) is 14.3. The number of nitrogens with zero attached hydrogens (tertiary/aromatic N) is 5. The summed E-state index contributed by atoms with van der Waals surface area (Å²) < 4.78 is 11.0. The van der Waals surface area contributed by atoms with E-state index in [1.54, 1.807) is 18.0 Å². The Kier molecular flexibility index (Phi) is 6.41. The molecule has 4 rings (SSSR count). The van der Waals surface area contributed by atoms with Gasteiger partial charge in [-0.15, -0.1) is 0 Å².